The lowest BCUT2D eigenvalue weighted by Gasteiger charge is -2.06. The summed E-state index contributed by atoms with van der Waals surface area (Å²) in [6.45, 7) is 0. The summed E-state index contributed by atoms with van der Waals surface area (Å²) in [5.41, 5.74) is -0.343. The number of hydrogen-bond acceptors (Lipinski definition) is 2. The van der Waals surface area contributed by atoms with Crippen LogP contribution < -0.4 is 0 Å². The van der Waals surface area contributed by atoms with Gasteiger partial charge in [0.2, 0.25) is 0 Å². The molecule has 0 aromatic heterocycles. The number of ketones is 1. The Balaban J connectivity index is 2.13. The molecule has 0 spiro atoms. The second-order valence-corrected chi connectivity index (χ2v) is 4.91. The van der Waals surface area contributed by atoms with Gasteiger partial charge < -0.3 is 0 Å². The summed E-state index contributed by atoms with van der Waals surface area (Å²) in [6, 6.07) is 14.9. The first-order chi connectivity index (χ1) is 8.97. The van der Waals surface area contributed by atoms with Gasteiger partial charge in [0, 0.05) is 15.4 Å². The molecule has 5 heteroatoms. The Morgan fingerprint density at radius 3 is 1.89 bits per heavy atom. The summed E-state index contributed by atoms with van der Waals surface area (Å²) in [4.78, 5) is 12.8. The maximum Gasteiger partial charge on any atom is 0.454 e. The molecule has 0 atom stereocenters. The number of rotatable bonds is 3. The highest BCUT2D eigenvalue weighted by atomic mass is 32.2. The van der Waals surface area contributed by atoms with Gasteiger partial charge in [0.1, 0.15) is 0 Å². The van der Waals surface area contributed by atoms with Gasteiger partial charge >= 0.3 is 6.18 Å². The van der Waals surface area contributed by atoms with Crippen molar-refractivity contribution in [2.45, 2.75) is 16.0 Å². The SMILES string of the molecule is O=C(c1ccc(Sc2ccccc2)cc1)C(F)(F)F. The molecular weight excluding hydrogens is 273 g/mol. The van der Waals surface area contributed by atoms with E-state index in [1.165, 1.54) is 36.0 Å². The van der Waals surface area contributed by atoms with Crippen molar-refractivity contribution in [1.29, 1.82) is 0 Å². The number of carbonyl (C=O) groups is 1. The summed E-state index contributed by atoms with van der Waals surface area (Å²) >= 11 is 1.42. The lowest BCUT2D eigenvalue weighted by molar-refractivity contribution is -0.0885. The van der Waals surface area contributed by atoms with Crippen LogP contribution in [0.15, 0.2) is 64.4 Å². The molecule has 0 radical (unpaired) electrons. The molecule has 0 amide bonds. The Morgan fingerprint density at radius 1 is 0.842 bits per heavy atom. The van der Waals surface area contributed by atoms with Crippen molar-refractivity contribution < 1.29 is 18.0 Å². The molecule has 19 heavy (non-hydrogen) atoms. The van der Waals surface area contributed by atoms with Crippen molar-refractivity contribution in [3.05, 3.63) is 60.2 Å². The summed E-state index contributed by atoms with van der Waals surface area (Å²) in [6.07, 6.45) is -4.83. The number of alkyl halides is 3. The first-order valence-corrected chi connectivity index (χ1v) is 6.23. The number of carbonyl (C=O) groups excluding carboxylic acids is 1. The first-order valence-electron chi connectivity index (χ1n) is 5.41. The average molecular weight is 282 g/mol. The predicted molar refractivity (Wildman–Crippen MR) is 67.4 cm³/mol. The molecule has 0 bridgehead atoms. The quantitative estimate of drug-likeness (QED) is 0.766. The molecule has 0 heterocycles. The Morgan fingerprint density at radius 2 is 1.37 bits per heavy atom. The Kier molecular flexibility index (Phi) is 3.95. The predicted octanol–water partition coefficient (Wildman–Crippen LogP) is 4.58. The molecule has 0 N–H and O–H groups in total. The van der Waals surface area contributed by atoms with Gasteiger partial charge in [-0.25, -0.2) is 0 Å². The van der Waals surface area contributed by atoms with Crippen molar-refractivity contribution in [1.82, 2.24) is 0 Å². The average Bonchev–Trinajstić information content (AvgIpc) is 2.39. The van der Waals surface area contributed by atoms with Crippen LogP contribution in [0.2, 0.25) is 0 Å². The zero-order chi connectivity index (χ0) is 13.9. The molecule has 0 saturated carbocycles. The molecule has 2 aromatic rings. The van der Waals surface area contributed by atoms with Crippen molar-refractivity contribution in [2.75, 3.05) is 0 Å². The topological polar surface area (TPSA) is 17.1 Å². The van der Waals surface area contributed by atoms with Gasteiger partial charge in [0.05, 0.1) is 0 Å². The van der Waals surface area contributed by atoms with E-state index in [4.69, 9.17) is 0 Å². The van der Waals surface area contributed by atoms with Gasteiger partial charge in [-0.2, -0.15) is 13.2 Å². The van der Waals surface area contributed by atoms with Crippen LogP contribution in [-0.2, 0) is 0 Å². The van der Waals surface area contributed by atoms with Crippen LogP contribution in [0.3, 0.4) is 0 Å². The minimum atomic E-state index is -4.83. The van der Waals surface area contributed by atoms with Gasteiger partial charge in [-0.05, 0) is 36.4 Å². The third kappa shape index (κ3) is 3.61. The van der Waals surface area contributed by atoms with E-state index in [1.54, 1.807) is 0 Å². The molecule has 98 valence electrons. The Bertz CT molecular complexity index is 561. The maximum absolute atomic E-state index is 12.2. The van der Waals surface area contributed by atoms with Crippen LogP contribution in [0.25, 0.3) is 0 Å². The monoisotopic (exact) mass is 282 g/mol. The van der Waals surface area contributed by atoms with Crippen LogP contribution in [0.4, 0.5) is 13.2 Å². The molecule has 0 aliphatic carbocycles. The molecule has 0 fully saturated rings. The highest BCUT2D eigenvalue weighted by Crippen LogP contribution is 2.28. The molecule has 2 aromatic carbocycles. The lowest BCUT2D eigenvalue weighted by atomic mass is 10.1. The number of benzene rings is 2. The standard InChI is InChI=1S/C14H9F3OS/c15-14(16,17)13(18)10-6-8-12(9-7-10)19-11-4-2-1-3-5-11/h1-9H. The molecule has 0 unspecified atom stereocenters. The van der Waals surface area contributed by atoms with E-state index in [1.807, 2.05) is 30.3 Å². The summed E-state index contributed by atoms with van der Waals surface area (Å²) in [7, 11) is 0. The largest absolute Gasteiger partial charge is 0.454 e. The van der Waals surface area contributed by atoms with Crippen LogP contribution in [-0.4, -0.2) is 12.0 Å². The zero-order valence-corrected chi connectivity index (χ0v) is 10.5. The summed E-state index contributed by atoms with van der Waals surface area (Å²) in [5.74, 6) is -1.82. The first kappa shape index (κ1) is 13.7. The van der Waals surface area contributed by atoms with Gasteiger partial charge in [-0.15, -0.1) is 0 Å². The fourth-order valence-corrected chi connectivity index (χ4v) is 2.30. The van der Waals surface area contributed by atoms with Gasteiger partial charge in [0.25, 0.3) is 5.78 Å². The number of hydrogen-bond donors (Lipinski definition) is 0. The normalized spacial score (nSPS) is 11.3. The smallest absolute Gasteiger partial charge is 0.284 e. The van der Waals surface area contributed by atoms with Crippen LogP contribution >= 0.6 is 11.8 Å². The van der Waals surface area contributed by atoms with Crippen LogP contribution in [0.5, 0.6) is 0 Å². The molecule has 2 rings (SSSR count). The fourth-order valence-electron chi connectivity index (χ4n) is 1.46. The van der Waals surface area contributed by atoms with Gasteiger partial charge in [-0.1, -0.05) is 30.0 Å². The number of halogens is 3. The highest BCUT2D eigenvalue weighted by Gasteiger charge is 2.39. The third-order valence-corrected chi connectivity index (χ3v) is 3.37. The van der Waals surface area contributed by atoms with E-state index < -0.39 is 12.0 Å². The minimum absolute atomic E-state index is 0.343. The molecule has 0 aliphatic heterocycles. The van der Waals surface area contributed by atoms with E-state index in [0.29, 0.717) is 0 Å². The van der Waals surface area contributed by atoms with Crippen LogP contribution in [0, 0.1) is 0 Å². The molecule has 1 nitrogen and oxygen atoms in total. The molecular formula is C14H9F3OS. The second kappa shape index (κ2) is 5.48. The van der Waals surface area contributed by atoms with Crippen molar-refractivity contribution in [3.8, 4) is 0 Å². The minimum Gasteiger partial charge on any atom is -0.284 e. The maximum atomic E-state index is 12.2. The molecule has 0 aliphatic rings. The number of Topliss-reactive ketones (excluding diaryl/α,β-unsaturated/α-hetero) is 1. The summed E-state index contributed by atoms with van der Waals surface area (Å²) in [5, 5.41) is 0. The fraction of sp³-hybridized carbons (Fsp3) is 0.0714. The van der Waals surface area contributed by atoms with Crippen molar-refractivity contribution in [3.63, 3.8) is 0 Å². The van der Waals surface area contributed by atoms with E-state index in [2.05, 4.69) is 0 Å². The van der Waals surface area contributed by atoms with Crippen molar-refractivity contribution in [2.24, 2.45) is 0 Å². The Labute approximate surface area is 112 Å². The van der Waals surface area contributed by atoms with Crippen molar-refractivity contribution >= 4 is 17.5 Å². The zero-order valence-electron chi connectivity index (χ0n) is 9.65. The van der Waals surface area contributed by atoms with E-state index in [9.17, 15) is 18.0 Å². The Hall–Kier alpha value is -1.75. The summed E-state index contributed by atoms with van der Waals surface area (Å²) < 4.78 is 36.7. The van der Waals surface area contributed by atoms with Crippen LogP contribution in [0.1, 0.15) is 10.4 Å². The van der Waals surface area contributed by atoms with E-state index in [0.717, 1.165) is 9.79 Å². The lowest BCUT2D eigenvalue weighted by Crippen LogP contribution is -2.22. The molecule has 0 saturated heterocycles. The van der Waals surface area contributed by atoms with Gasteiger partial charge in [-0.3, -0.25) is 4.79 Å². The van der Waals surface area contributed by atoms with E-state index in [-0.39, 0.29) is 5.56 Å². The van der Waals surface area contributed by atoms with Gasteiger partial charge in [0.15, 0.2) is 0 Å². The third-order valence-electron chi connectivity index (χ3n) is 2.35. The highest BCUT2D eigenvalue weighted by molar-refractivity contribution is 7.99. The van der Waals surface area contributed by atoms with E-state index >= 15 is 0 Å². The second-order valence-electron chi connectivity index (χ2n) is 3.77.